The van der Waals surface area contributed by atoms with Gasteiger partial charge in [-0.15, -0.1) is 0 Å². The summed E-state index contributed by atoms with van der Waals surface area (Å²) >= 11 is 0. The molecule has 4 nitrogen and oxygen atoms in total. The molecule has 1 saturated heterocycles. The van der Waals surface area contributed by atoms with Gasteiger partial charge in [0.2, 0.25) is 0 Å². The van der Waals surface area contributed by atoms with Crippen LogP contribution in [0.25, 0.3) is 0 Å². The van der Waals surface area contributed by atoms with Gasteiger partial charge in [-0.25, -0.2) is 0 Å². The van der Waals surface area contributed by atoms with E-state index in [1.807, 2.05) is 12.1 Å². The Morgan fingerprint density at radius 3 is 2.82 bits per heavy atom. The minimum atomic E-state index is 0.434. The largest absolute Gasteiger partial charge is 0.497 e. The highest BCUT2D eigenvalue weighted by Gasteiger charge is 2.32. The molecule has 0 spiro atoms. The second-order valence-corrected chi connectivity index (χ2v) is 4.58. The van der Waals surface area contributed by atoms with E-state index in [9.17, 15) is 0 Å². The van der Waals surface area contributed by atoms with Crippen LogP contribution in [0.3, 0.4) is 0 Å². The lowest BCUT2D eigenvalue weighted by molar-refractivity contribution is 0.414. The molecule has 2 aliphatic heterocycles. The number of aliphatic imine (C=N–C) groups is 1. The van der Waals surface area contributed by atoms with Gasteiger partial charge >= 0.3 is 0 Å². The first-order chi connectivity index (χ1) is 8.35. The Morgan fingerprint density at radius 1 is 1.29 bits per heavy atom. The number of hydrogen-bond donors (Lipinski definition) is 2. The van der Waals surface area contributed by atoms with Gasteiger partial charge in [-0.2, -0.15) is 0 Å². The molecule has 0 saturated carbocycles. The number of nitrogens with one attached hydrogen (secondary N) is 2. The number of benzene rings is 1. The molecule has 1 aromatic rings. The molecule has 3 rings (SSSR count). The van der Waals surface area contributed by atoms with Crippen LogP contribution in [-0.2, 0) is 6.42 Å². The van der Waals surface area contributed by atoms with Gasteiger partial charge < -0.3 is 15.4 Å². The summed E-state index contributed by atoms with van der Waals surface area (Å²) in [6.07, 6.45) is 0.886. The molecule has 2 unspecified atom stereocenters. The monoisotopic (exact) mass is 231 g/mol. The molecule has 2 atom stereocenters. The first-order valence-corrected chi connectivity index (χ1v) is 6.02. The van der Waals surface area contributed by atoms with Crippen LogP contribution in [0.2, 0.25) is 0 Å². The van der Waals surface area contributed by atoms with Crippen molar-refractivity contribution in [3.63, 3.8) is 0 Å². The third-order valence-corrected chi connectivity index (χ3v) is 3.39. The van der Waals surface area contributed by atoms with Gasteiger partial charge in [0.05, 0.1) is 19.2 Å². The van der Waals surface area contributed by atoms with Crippen LogP contribution >= 0.6 is 0 Å². The number of rotatable bonds is 3. The molecular formula is C13H17N3O. The minimum absolute atomic E-state index is 0.434. The quantitative estimate of drug-likeness (QED) is 0.800. The Hall–Kier alpha value is -1.55. The van der Waals surface area contributed by atoms with Gasteiger partial charge in [0, 0.05) is 19.5 Å². The number of amidine groups is 1. The van der Waals surface area contributed by atoms with E-state index in [0.717, 1.165) is 31.1 Å². The number of ether oxygens (including phenoxy) is 1. The van der Waals surface area contributed by atoms with Crippen LogP contribution in [0.4, 0.5) is 0 Å². The Balaban J connectivity index is 1.67. The van der Waals surface area contributed by atoms with Crippen LogP contribution in [-0.4, -0.2) is 38.1 Å². The Labute approximate surface area is 101 Å². The first-order valence-electron chi connectivity index (χ1n) is 6.02. The molecule has 2 heterocycles. The summed E-state index contributed by atoms with van der Waals surface area (Å²) in [5, 5.41) is 6.82. The highest BCUT2D eigenvalue weighted by Crippen LogP contribution is 2.15. The highest BCUT2D eigenvalue weighted by atomic mass is 16.5. The lowest BCUT2D eigenvalue weighted by atomic mass is 10.1. The molecule has 0 aromatic heterocycles. The molecule has 17 heavy (non-hydrogen) atoms. The third-order valence-electron chi connectivity index (χ3n) is 3.39. The SMILES string of the molecule is COc1ccc(CC2=NC3CNCC3N2)cc1. The zero-order valence-electron chi connectivity index (χ0n) is 9.94. The van der Waals surface area contributed by atoms with Crippen molar-refractivity contribution in [2.45, 2.75) is 18.5 Å². The molecule has 1 aromatic carbocycles. The van der Waals surface area contributed by atoms with Crippen LogP contribution in [0.5, 0.6) is 5.75 Å². The van der Waals surface area contributed by atoms with E-state index in [4.69, 9.17) is 9.73 Å². The zero-order chi connectivity index (χ0) is 11.7. The Bertz CT molecular complexity index is 427. The van der Waals surface area contributed by atoms with Gasteiger partial charge in [-0.1, -0.05) is 12.1 Å². The summed E-state index contributed by atoms with van der Waals surface area (Å²) < 4.78 is 5.15. The molecule has 0 radical (unpaired) electrons. The smallest absolute Gasteiger partial charge is 0.118 e. The van der Waals surface area contributed by atoms with Crippen LogP contribution in [0.15, 0.2) is 29.3 Å². The molecule has 90 valence electrons. The molecule has 0 bridgehead atoms. The zero-order valence-corrected chi connectivity index (χ0v) is 9.94. The van der Waals surface area contributed by atoms with Crippen LogP contribution < -0.4 is 15.4 Å². The fraction of sp³-hybridized carbons (Fsp3) is 0.462. The Kier molecular flexibility index (Phi) is 2.73. The van der Waals surface area contributed by atoms with Crippen molar-refractivity contribution < 1.29 is 4.74 Å². The number of fused-ring (bicyclic) bond motifs is 1. The van der Waals surface area contributed by atoms with Crippen molar-refractivity contribution in [2.75, 3.05) is 20.2 Å². The molecule has 1 fully saturated rings. The maximum atomic E-state index is 5.15. The Morgan fingerprint density at radius 2 is 2.12 bits per heavy atom. The molecule has 0 amide bonds. The summed E-state index contributed by atoms with van der Waals surface area (Å²) in [4.78, 5) is 4.70. The standard InChI is InChI=1S/C13H17N3O/c1-17-10-4-2-9(3-5-10)6-13-15-11-7-14-8-12(11)16-13/h2-5,11-12,14H,6-8H2,1H3,(H,15,16). The second-order valence-electron chi connectivity index (χ2n) is 4.58. The van der Waals surface area contributed by atoms with Crippen molar-refractivity contribution >= 4 is 5.84 Å². The lowest BCUT2D eigenvalue weighted by Gasteiger charge is -2.08. The molecule has 0 aliphatic carbocycles. The van der Waals surface area contributed by atoms with Gasteiger partial charge in [0.15, 0.2) is 0 Å². The fourth-order valence-electron chi connectivity index (χ4n) is 2.43. The third kappa shape index (κ3) is 2.13. The van der Waals surface area contributed by atoms with E-state index in [1.54, 1.807) is 7.11 Å². The first kappa shape index (κ1) is 10.6. The number of hydrogen-bond acceptors (Lipinski definition) is 4. The molecule has 2 N–H and O–H groups in total. The van der Waals surface area contributed by atoms with E-state index in [0.29, 0.717) is 12.1 Å². The second kappa shape index (κ2) is 4.37. The van der Waals surface area contributed by atoms with E-state index >= 15 is 0 Å². The summed E-state index contributed by atoms with van der Waals surface area (Å²) in [5.41, 5.74) is 1.27. The topological polar surface area (TPSA) is 45.6 Å². The van der Waals surface area contributed by atoms with Gasteiger partial charge in [-0.05, 0) is 17.7 Å². The summed E-state index contributed by atoms with van der Waals surface area (Å²) in [5.74, 6) is 2.02. The van der Waals surface area contributed by atoms with Crippen molar-refractivity contribution in [1.29, 1.82) is 0 Å². The van der Waals surface area contributed by atoms with Crippen molar-refractivity contribution in [3.05, 3.63) is 29.8 Å². The van der Waals surface area contributed by atoms with E-state index in [1.165, 1.54) is 5.56 Å². The van der Waals surface area contributed by atoms with Gasteiger partial charge in [-0.3, -0.25) is 4.99 Å². The lowest BCUT2D eigenvalue weighted by Crippen LogP contribution is -2.35. The minimum Gasteiger partial charge on any atom is -0.497 e. The normalized spacial score (nSPS) is 26.3. The summed E-state index contributed by atoms with van der Waals surface area (Å²) in [6, 6.07) is 9.11. The van der Waals surface area contributed by atoms with Crippen molar-refractivity contribution in [3.8, 4) is 5.75 Å². The highest BCUT2D eigenvalue weighted by molar-refractivity contribution is 5.86. The summed E-state index contributed by atoms with van der Waals surface area (Å²) in [6.45, 7) is 2.03. The number of nitrogens with zero attached hydrogens (tertiary/aromatic N) is 1. The molecule has 2 aliphatic rings. The predicted octanol–water partition coefficient (Wildman–Crippen LogP) is 0.580. The average Bonchev–Trinajstić information content (AvgIpc) is 2.90. The van der Waals surface area contributed by atoms with Gasteiger partial charge in [0.25, 0.3) is 0 Å². The van der Waals surface area contributed by atoms with Gasteiger partial charge in [0.1, 0.15) is 11.6 Å². The molecular weight excluding hydrogens is 214 g/mol. The van der Waals surface area contributed by atoms with Crippen LogP contribution in [0.1, 0.15) is 5.56 Å². The summed E-state index contributed by atoms with van der Waals surface area (Å²) in [7, 11) is 1.69. The van der Waals surface area contributed by atoms with Crippen molar-refractivity contribution in [2.24, 2.45) is 4.99 Å². The molecule has 4 heteroatoms. The maximum absolute atomic E-state index is 5.15. The van der Waals surface area contributed by atoms with E-state index in [-0.39, 0.29) is 0 Å². The van der Waals surface area contributed by atoms with Crippen LogP contribution in [0, 0.1) is 0 Å². The van der Waals surface area contributed by atoms with E-state index in [2.05, 4.69) is 22.8 Å². The predicted molar refractivity (Wildman–Crippen MR) is 67.7 cm³/mol. The number of methoxy groups -OCH3 is 1. The average molecular weight is 231 g/mol. The van der Waals surface area contributed by atoms with Crippen molar-refractivity contribution in [1.82, 2.24) is 10.6 Å². The fourth-order valence-corrected chi connectivity index (χ4v) is 2.43. The van der Waals surface area contributed by atoms with E-state index < -0.39 is 0 Å². The maximum Gasteiger partial charge on any atom is 0.118 e.